The molecule has 5 nitrogen and oxygen atoms in total. The summed E-state index contributed by atoms with van der Waals surface area (Å²) in [6.07, 6.45) is 1.76. The van der Waals surface area contributed by atoms with Gasteiger partial charge in [0.05, 0.1) is 24.7 Å². The summed E-state index contributed by atoms with van der Waals surface area (Å²) in [7, 11) is 1.53. The predicted molar refractivity (Wildman–Crippen MR) is 106 cm³/mol. The molecule has 0 unspecified atom stereocenters. The second-order valence-corrected chi connectivity index (χ2v) is 6.80. The van der Waals surface area contributed by atoms with Gasteiger partial charge in [-0.25, -0.2) is 9.50 Å². The van der Waals surface area contributed by atoms with Crippen LogP contribution in [-0.2, 0) is 0 Å². The number of hydrogen-bond donors (Lipinski definition) is 1. The normalized spacial score (nSPS) is 11.3. The number of fused-ring (bicyclic) bond motifs is 1. The van der Waals surface area contributed by atoms with Gasteiger partial charge in [-0.2, -0.15) is 5.10 Å². The summed E-state index contributed by atoms with van der Waals surface area (Å²) in [5.41, 5.74) is 5.61. The first-order valence-corrected chi connectivity index (χ1v) is 8.89. The summed E-state index contributed by atoms with van der Waals surface area (Å²) in [4.78, 5) is 4.44. The Morgan fingerprint density at radius 2 is 1.85 bits per heavy atom. The van der Waals surface area contributed by atoms with E-state index in [1.165, 1.54) is 12.7 Å². The van der Waals surface area contributed by atoms with E-state index >= 15 is 0 Å². The first kappa shape index (κ1) is 17.1. The van der Waals surface area contributed by atoms with Crippen molar-refractivity contribution in [1.29, 1.82) is 0 Å². The van der Waals surface area contributed by atoms with Crippen molar-refractivity contribution in [3.63, 3.8) is 0 Å². The van der Waals surface area contributed by atoms with Crippen molar-refractivity contribution in [2.24, 2.45) is 0 Å². The number of phenolic OH excluding ortho intramolecular Hbond substituents is 1. The van der Waals surface area contributed by atoms with Gasteiger partial charge in [-0.3, -0.25) is 0 Å². The first-order valence-electron chi connectivity index (χ1n) is 8.89. The predicted octanol–water partition coefficient (Wildman–Crippen LogP) is 4.90. The molecule has 0 saturated carbocycles. The van der Waals surface area contributed by atoms with E-state index in [0.29, 0.717) is 11.7 Å². The molecule has 136 valence electrons. The molecule has 0 aliphatic carbocycles. The minimum atomic E-state index is 0.0886. The molecule has 1 N–H and O–H groups in total. The highest BCUT2D eigenvalue weighted by atomic mass is 16.5. The number of imidazole rings is 1. The van der Waals surface area contributed by atoms with Gasteiger partial charge >= 0.3 is 0 Å². The zero-order valence-corrected chi connectivity index (χ0v) is 15.5. The van der Waals surface area contributed by atoms with Gasteiger partial charge < -0.3 is 9.84 Å². The Morgan fingerprint density at radius 1 is 1.00 bits per heavy atom. The Morgan fingerprint density at radius 3 is 2.59 bits per heavy atom. The SMILES string of the molecule is COc1ccc(-c2cnc3ccc(-c4cccc(C(C)C)c4)nn23)cc1O. The molecule has 5 heteroatoms. The largest absolute Gasteiger partial charge is 0.504 e. The summed E-state index contributed by atoms with van der Waals surface area (Å²) in [5, 5.41) is 14.9. The summed E-state index contributed by atoms with van der Waals surface area (Å²) in [6, 6.07) is 17.7. The number of rotatable bonds is 4. The van der Waals surface area contributed by atoms with Gasteiger partial charge in [0.15, 0.2) is 17.1 Å². The van der Waals surface area contributed by atoms with Crippen molar-refractivity contribution in [3.05, 3.63) is 66.4 Å². The molecule has 0 atom stereocenters. The van der Waals surface area contributed by atoms with Crippen molar-refractivity contribution in [3.8, 4) is 34.0 Å². The fourth-order valence-corrected chi connectivity index (χ4v) is 3.13. The Balaban J connectivity index is 1.82. The Bertz CT molecular complexity index is 1120. The smallest absolute Gasteiger partial charge is 0.160 e. The number of aromatic nitrogens is 3. The second-order valence-electron chi connectivity index (χ2n) is 6.80. The highest BCUT2D eigenvalue weighted by molar-refractivity contribution is 5.68. The number of benzene rings is 2. The zero-order valence-electron chi connectivity index (χ0n) is 15.5. The quantitative estimate of drug-likeness (QED) is 0.563. The van der Waals surface area contributed by atoms with Gasteiger partial charge in [-0.15, -0.1) is 0 Å². The molecule has 2 aromatic heterocycles. The van der Waals surface area contributed by atoms with Crippen LogP contribution in [0.15, 0.2) is 60.8 Å². The van der Waals surface area contributed by atoms with Crippen LogP contribution in [-0.4, -0.2) is 26.8 Å². The van der Waals surface area contributed by atoms with Crippen LogP contribution in [0.2, 0.25) is 0 Å². The van der Waals surface area contributed by atoms with Gasteiger partial charge in [0.2, 0.25) is 0 Å². The number of ether oxygens (including phenoxy) is 1. The zero-order chi connectivity index (χ0) is 19.0. The highest BCUT2D eigenvalue weighted by Gasteiger charge is 2.12. The Kier molecular flexibility index (Phi) is 4.28. The molecule has 0 saturated heterocycles. The molecule has 2 heterocycles. The van der Waals surface area contributed by atoms with Crippen LogP contribution in [0, 0.1) is 0 Å². The molecule has 0 bridgehead atoms. The maximum absolute atomic E-state index is 10.1. The van der Waals surface area contributed by atoms with E-state index in [1.54, 1.807) is 22.8 Å². The lowest BCUT2D eigenvalue weighted by molar-refractivity contribution is 0.373. The molecular weight excluding hydrogens is 338 g/mol. The molecule has 27 heavy (non-hydrogen) atoms. The van der Waals surface area contributed by atoms with Crippen LogP contribution >= 0.6 is 0 Å². The number of phenols is 1. The molecule has 2 aromatic carbocycles. The molecule has 0 aliphatic rings. The Labute approximate surface area is 157 Å². The average molecular weight is 359 g/mol. The maximum Gasteiger partial charge on any atom is 0.160 e. The number of nitrogens with zero attached hydrogens (tertiary/aromatic N) is 3. The molecule has 0 spiro atoms. The third kappa shape index (κ3) is 3.12. The van der Waals surface area contributed by atoms with Gasteiger partial charge in [-0.1, -0.05) is 32.0 Å². The first-order chi connectivity index (χ1) is 13.1. The third-order valence-electron chi connectivity index (χ3n) is 4.69. The maximum atomic E-state index is 10.1. The van der Waals surface area contributed by atoms with Gasteiger partial charge in [0.25, 0.3) is 0 Å². The van der Waals surface area contributed by atoms with Crippen molar-refractivity contribution in [2.45, 2.75) is 19.8 Å². The van der Waals surface area contributed by atoms with Crippen LogP contribution in [0.25, 0.3) is 28.2 Å². The molecule has 0 fully saturated rings. The molecule has 4 aromatic rings. The molecule has 4 rings (SSSR count). The van der Waals surface area contributed by atoms with Crippen LogP contribution in [0.1, 0.15) is 25.3 Å². The van der Waals surface area contributed by atoms with Crippen LogP contribution < -0.4 is 4.74 Å². The van der Waals surface area contributed by atoms with Gasteiger partial charge in [-0.05, 0) is 47.9 Å². The van der Waals surface area contributed by atoms with Crippen LogP contribution in [0.5, 0.6) is 11.5 Å². The lowest BCUT2D eigenvalue weighted by atomic mass is 10.00. The summed E-state index contributed by atoms with van der Waals surface area (Å²) < 4.78 is 6.93. The van der Waals surface area contributed by atoms with Crippen molar-refractivity contribution < 1.29 is 9.84 Å². The van der Waals surface area contributed by atoms with E-state index < -0.39 is 0 Å². The van der Waals surface area contributed by atoms with E-state index in [2.05, 4.69) is 43.1 Å². The van der Waals surface area contributed by atoms with E-state index in [9.17, 15) is 5.11 Å². The summed E-state index contributed by atoms with van der Waals surface area (Å²) >= 11 is 0. The van der Waals surface area contributed by atoms with E-state index in [1.807, 2.05) is 18.2 Å². The van der Waals surface area contributed by atoms with E-state index in [4.69, 9.17) is 9.84 Å². The molecular formula is C22H21N3O2. The molecule has 0 amide bonds. The third-order valence-corrected chi connectivity index (χ3v) is 4.69. The Hall–Kier alpha value is -3.34. The molecule has 0 radical (unpaired) electrons. The van der Waals surface area contributed by atoms with Crippen molar-refractivity contribution in [2.75, 3.05) is 7.11 Å². The number of methoxy groups -OCH3 is 1. The van der Waals surface area contributed by atoms with Gasteiger partial charge in [0.1, 0.15) is 0 Å². The van der Waals surface area contributed by atoms with Crippen molar-refractivity contribution in [1.82, 2.24) is 14.6 Å². The monoisotopic (exact) mass is 359 g/mol. The van der Waals surface area contributed by atoms with Crippen LogP contribution in [0.3, 0.4) is 0 Å². The summed E-state index contributed by atoms with van der Waals surface area (Å²) in [5.74, 6) is 0.984. The van der Waals surface area contributed by atoms with E-state index in [0.717, 1.165) is 28.2 Å². The number of aromatic hydroxyl groups is 1. The highest BCUT2D eigenvalue weighted by Crippen LogP contribution is 2.32. The second kappa shape index (κ2) is 6.76. The fourth-order valence-electron chi connectivity index (χ4n) is 3.13. The average Bonchev–Trinajstić information content (AvgIpc) is 3.11. The fraction of sp³-hybridized carbons (Fsp3) is 0.182. The van der Waals surface area contributed by atoms with Gasteiger partial charge in [0, 0.05) is 11.1 Å². The lowest BCUT2D eigenvalue weighted by Gasteiger charge is -2.09. The van der Waals surface area contributed by atoms with E-state index in [-0.39, 0.29) is 5.75 Å². The molecule has 0 aliphatic heterocycles. The van der Waals surface area contributed by atoms with Crippen molar-refractivity contribution >= 4 is 5.65 Å². The summed E-state index contributed by atoms with van der Waals surface area (Å²) in [6.45, 7) is 4.36. The minimum absolute atomic E-state index is 0.0886. The van der Waals surface area contributed by atoms with Crippen LogP contribution in [0.4, 0.5) is 0 Å². The lowest BCUT2D eigenvalue weighted by Crippen LogP contribution is -1.97. The number of hydrogen-bond acceptors (Lipinski definition) is 4. The minimum Gasteiger partial charge on any atom is -0.504 e. The topological polar surface area (TPSA) is 59.7 Å². The standard InChI is InChI=1S/C22H21N3O2/c1-14(2)15-5-4-6-16(11-15)18-8-10-22-23-13-19(25(22)24-18)17-7-9-21(27-3)20(26)12-17/h4-14,26H,1-3H3.